The maximum absolute atomic E-state index is 13.1. The lowest BCUT2D eigenvalue weighted by molar-refractivity contribution is -0.115. The minimum Gasteiger partial charge on any atom is -0.362 e. The molecule has 3 aromatic rings. The van der Waals surface area contributed by atoms with Gasteiger partial charge in [-0.25, -0.2) is 4.39 Å². The molecule has 2 N–H and O–H groups in total. The Balaban J connectivity index is 1.49. The topological polar surface area (TPSA) is 61.4 Å². The van der Waals surface area contributed by atoms with Crippen molar-refractivity contribution >= 4 is 28.9 Å². The summed E-state index contributed by atoms with van der Waals surface area (Å²) in [5.41, 5.74) is 3.83. The fraction of sp³-hybridized carbons (Fsp3) is 0.167. The van der Waals surface area contributed by atoms with E-state index in [4.69, 9.17) is 0 Å². The van der Waals surface area contributed by atoms with Crippen LogP contribution in [0.4, 0.5) is 21.5 Å². The Morgan fingerprint density at radius 3 is 2.43 bits per heavy atom. The Morgan fingerprint density at radius 1 is 0.900 bits per heavy atom. The Hall–Kier alpha value is -3.67. The predicted molar refractivity (Wildman–Crippen MR) is 116 cm³/mol. The van der Waals surface area contributed by atoms with E-state index in [2.05, 4.69) is 10.6 Å². The lowest BCUT2D eigenvalue weighted by Gasteiger charge is -2.32. The van der Waals surface area contributed by atoms with Gasteiger partial charge in [0.25, 0.3) is 5.91 Å². The number of nitrogens with zero attached hydrogens (tertiary/aromatic N) is 1. The molecule has 3 aromatic carbocycles. The normalized spacial score (nSPS) is 12.8. The smallest absolute Gasteiger partial charge is 0.255 e. The van der Waals surface area contributed by atoms with Gasteiger partial charge in [0.2, 0.25) is 5.91 Å². The molecule has 1 aliphatic rings. The van der Waals surface area contributed by atoms with Gasteiger partial charge in [0.1, 0.15) is 5.82 Å². The molecule has 0 spiro atoms. The van der Waals surface area contributed by atoms with E-state index in [9.17, 15) is 14.0 Å². The molecule has 0 saturated carbocycles. The fourth-order valence-corrected chi connectivity index (χ4v) is 3.67. The summed E-state index contributed by atoms with van der Waals surface area (Å²) in [5.74, 6) is -0.759. The molecule has 0 radical (unpaired) electrons. The number of benzene rings is 3. The monoisotopic (exact) mass is 403 g/mol. The van der Waals surface area contributed by atoms with Crippen molar-refractivity contribution in [3.8, 4) is 0 Å². The Labute approximate surface area is 174 Å². The van der Waals surface area contributed by atoms with Crippen LogP contribution in [-0.4, -0.2) is 24.9 Å². The summed E-state index contributed by atoms with van der Waals surface area (Å²) in [4.78, 5) is 27.1. The van der Waals surface area contributed by atoms with E-state index in [0.29, 0.717) is 5.56 Å². The van der Waals surface area contributed by atoms with Crippen molar-refractivity contribution < 1.29 is 14.0 Å². The second-order valence-corrected chi connectivity index (χ2v) is 7.20. The predicted octanol–water partition coefficient (Wildman–Crippen LogP) is 4.47. The van der Waals surface area contributed by atoms with Crippen LogP contribution in [0.5, 0.6) is 0 Å². The highest BCUT2D eigenvalue weighted by molar-refractivity contribution is 6.05. The van der Waals surface area contributed by atoms with Crippen molar-refractivity contribution in [2.24, 2.45) is 0 Å². The highest BCUT2D eigenvalue weighted by Gasteiger charge is 2.22. The summed E-state index contributed by atoms with van der Waals surface area (Å²) < 4.78 is 13.1. The van der Waals surface area contributed by atoms with Crippen molar-refractivity contribution in [1.82, 2.24) is 0 Å². The van der Waals surface area contributed by atoms with Crippen LogP contribution in [0, 0.1) is 5.82 Å². The third-order valence-corrected chi connectivity index (χ3v) is 5.09. The van der Waals surface area contributed by atoms with Crippen LogP contribution in [0.1, 0.15) is 22.3 Å². The van der Waals surface area contributed by atoms with Crippen molar-refractivity contribution in [3.05, 3.63) is 89.7 Å². The third kappa shape index (κ3) is 4.49. The lowest BCUT2D eigenvalue weighted by atomic mass is 9.99. The molecule has 1 aliphatic heterocycles. The average molecular weight is 403 g/mol. The molecule has 0 unspecified atom stereocenters. The van der Waals surface area contributed by atoms with Gasteiger partial charge in [-0.2, -0.15) is 0 Å². The van der Waals surface area contributed by atoms with Crippen molar-refractivity contribution in [2.75, 3.05) is 28.6 Å². The van der Waals surface area contributed by atoms with Gasteiger partial charge < -0.3 is 15.5 Å². The van der Waals surface area contributed by atoms with Gasteiger partial charge in [-0.3, -0.25) is 9.59 Å². The maximum Gasteiger partial charge on any atom is 0.255 e. The standard InChI is InChI=1S/C24H22FN3O2/c25-18-13-11-17(12-14-18)24(30)27-21-9-4-10-22-20(21)8-5-15-28(22)16-23(29)26-19-6-2-1-3-7-19/h1-4,6-7,9-14H,5,8,15-16H2,(H,26,29)(H,27,30). The van der Waals surface area contributed by atoms with Crippen LogP contribution in [0.2, 0.25) is 0 Å². The zero-order chi connectivity index (χ0) is 20.9. The van der Waals surface area contributed by atoms with Gasteiger partial charge in [-0.05, 0) is 66.9 Å². The van der Waals surface area contributed by atoms with E-state index in [1.165, 1.54) is 24.3 Å². The second kappa shape index (κ2) is 8.78. The average Bonchev–Trinajstić information content (AvgIpc) is 2.75. The first-order valence-electron chi connectivity index (χ1n) is 9.89. The lowest BCUT2D eigenvalue weighted by Crippen LogP contribution is -2.37. The van der Waals surface area contributed by atoms with Crippen LogP contribution < -0.4 is 15.5 Å². The molecule has 4 rings (SSSR count). The van der Waals surface area contributed by atoms with E-state index in [0.717, 1.165) is 42.0 Å². The van der Waals surface area contributed by atoms with Crippen LogP contribution in [-0.2, 0) is 11.2 Å². The van der Waals surface area contributed by atoms with Crippen molar-refractivity contribution in [2.45, 2.75) is 12.8 Å². The van der Waals surface area contributed by atoms with Gasteiger partial charge in [-0.15, -0.1) is 0 Å². The fourth-order valence-electron chi connectivity index (χ4n) is 3.67. The zero-order valence-corrected chi connectivity index (χ0v) is 16.4. The van der Waals surface area contributed by atoms with E-state index in [1.54, 1.807) is 0 Å². The molecular weight excluding hydrogens is 381 g/mol. The molecule has 0 fully saturated rings. The molecule has 2 amide bonds. The number of halogens is 1. The number of carbonyl (C=O) groups excluding carboxylic acids is 2. The Bertz CT molecular complexity index is 1050. The summed E-state index contributed by atoms with van der Waals surface area (Å²) in [7, 11) is 0. The SMILES string of the molecule is O=C(CN1CCCc2c(NC(=O)c3ccc(F)cc3)cccc21)Nc1ccccc1. The number of anilines is 3. The molecule has 152 valence electrons. The first-order chi connectivity index (χ1) is 14.6. The molecular formula is C24H22FN3O2. The molecule has 0 aliphatic carbocycles. The number of fused-ring (bicyclic) bond motifs is 1. The van der Waals surface area contributed by atoms with Crippen LogP contribution in [0.25, 0.3) is 0 Å². The van der Waals surface area contributed by atoms with Crippen LogP contribution in [0.3, 0.4) is 0 Å². The zero-order valence-electron chi connectivity index (χ0n) is 16.4. The van der Waals surface area contributed by atoms with Crippen molar-refractivity contribution in [3.63, 3.8) is 0 Å². The number of hydrogen-bond acceptors (Lipinski definition) is 3. The van der Waals surface area contributed by atoms with Crippen molar-refractivity contribution in [1.29, 1.82) is 0 Å². The number of para-hydroxylation sites is 1. The summed E-state index contributed by atoms with van der Waals surface area (Å²) >= 11 is 0. The third-order valence-electron chi connectivity index (χ3n) is 5.09. The first kappa shape index (κ1) is 19.6. The molecule has 0 atom stereocenters. The minimum absolute atomic E-state index is 0.0881. The van der Waals surface area contributed by atoms with Gasteiger partial charge in [0.05, 0.1) is 6.54 Å². The van der Waals surface area contributed by atoms with Gasteiger partial charge in [0.15, 0.2) is 0 Å². The maximum atomic E-state index is 13.1. The van der Waals surface area contributed by atoms with E-state index >= 15 is 0 Å². The number of nitrogens with one attached hydrogen (secondary N) is 2. The van der Waals surface area contributed by atoms with Gasteiger partial charge in [0, 0.05) is 29.2 Å². The highest BCUT2D eigenvalue weighted by atomic mass is 19.1. The number of rotatable bonds is 5. The summed E-state index contributed by atoms with van der Waals surface area (Å²) in [6.45, 7) is 1.00. The number of hydrogen-bond donors (Lipinski definition) is 2. The summed E-state index contributed by atoms with van der Waals surface area (Å²) in [6, 6.07) is 20.5. The molecule has 6 heteroatoms. The van der Waals surface area contributed by atoms with Crippen LogP contribution >= 0.6 is 0 Å². The van der Waals surface area contributed by atoms with E-state index in [-0.39, 0.29) is 24.2 Å². The highest BCUT2D eigenvalue weighted by Crippen LogP contribution is 2.33. The first-order valence-corrected chi connectivity index (χ1v) is 9.89. The molecule has 0 bridgehead atoms. The molecule has 1 heterocycles. The summed E-state index contributed by atoms with van der Waals surface area (Å²) in [5, 5.41) is 5.84. The number of amides is 2. The van der Waals surface area contributed by atoms with Gasteiger partial charge >= 0.3 is 0 Å². The van der Waals surface area contributed by atoms with E-state index in [1.807, 2.05) is 53.4 Å². The summed E-state index contributed by atoms with van der Waals surface area (Å²) in [6.07, 6.45) is 1.70. The van der Waals surface area contributed by atoms with Crippen LogP contribution in [0.15, 0.2) is 72.8 Å². The largest absolute Gasteiger partial charge is 0.362 e. The second-order valence-electron chi connectivity index (χ2n) is 7.20. The minimum atomic E-state index is -0.381. The molecule has 5 nitrogen and oxygen atoms in total. The Morgan fingerprint density at radius 2 is 1.67 bits per heavy atom. The molecule has 0 saturated heterocycles. The number of carbonyl (C=O) groups is 2. The molecule has 30 heavy (non-hydrogen) atoms. The van der Waals surface area contributed by atoms with E-state index < -0.39 is 0 Å². The molecule has 0 aromatic heterocycles. The quantitative estimate of drug-likeness (QED) is 0.661. The Kier molecular flexibility index (Phi) is 5.75. The van der Waals surface area contributed by atoms with Gasteiger partial charge in [-0.1, -0.05) is 24.3 Å².